The van der Waals surface area contributed by atoms with E-state index in [-0.39, 0.29) is 16.8 Å². The number of amides is 1. The number of aromatic nitrogens is 1. The van der Waals surface area contributed by atoms with Crippen molar-refractivity contribution >= 4 is 22.7 Å². The van der Waals surface area contributed by atoms with Gasteiger partial charge in [-0.1, -0.05) is 34.1 Å². The molecule has 0 bridgehead atoms. The van der Waals surface area contributed by atoms with Gasteiger partial charge in [0.2, 0.25) is 0 Å². The van der Waals surface area contributed by atoms with E-state index < -0.39 is 6.09 Å². The average Bonchev–Trinajstić information content (AvgIpc) is 2.68. The minimum atomic E-state index is -1.18. The lowest BCUT2D eigenvalue weighted by molar-refractivity contribution is 0.202. The molecule has 1 aromatic carbocycles. The highest BCUT2D eigenvalue weighted by Gasteiger charge is 2.27. The van der Waals surface area contributed by atoms with Gasteiger partial charge in [0.1, 0.15) is 0 Å². The fourth-order valence-corrected chi connectivity index (χ4v) is 3.23. The Balaban J connectivity index is 2.99. The Bertz CT molecular complexity index is 974. The fraction of sp³-hybridized carbons (Fsp3) is 0.545. The van der Waals surface area contributed by atoms with Gasteiger partial charge in [-0.25, -0.2) is 4.79 Å². The van der Waals surface area contributed by atoms with Crippen molar-refractivity contribution in [1.82, 2.24) is 4.57 Å². The molecule has 1 heterocycles. The van der Waals surface area contributed by atoms with Gasteiger partial charge in [-0.3, -0.25) is 14.3 Å². The molecule has 0 saturated carbocycles. The number of fused-ring (bicyclic) bond motifs is 1. The number of benzene rings is 1. The summed E-state index contributed by atoms with van der Waals surface area (Å²) in [5.74, 6) is 1.40. The summed E-state index contributed by atoms with van der Waals surface area (Å²) in [6, 6.07) is 3.28. The first-order valence-corrected chi connectivity index (χ1v) is 9.97. The van der Waals surface area contributed by atoms with Crippen molar-refractivity contribution in [2.45, 2.75) is 47.1 Å². The second-order valence-corrected chi connectivity index (χ2v) is 8.40. The Morgan fingerprint density at radius 3 is 2.17 bits per heavy atom. The molecule has 0 aliphatic carbocycles. The maximum Gasteiger partial charge on any atom is 0.412 e. The molecule has 0 saturated heterocycles. The van der Waals surface area contributed by atoms with Gasteiger partial charge in [-0.05, 0) is 24.0 Å². The van der Waals surface area contributed by atoms with Crippen LogP contribution in [0, 0.1) is 5.41 Å². The Morgan fingerprint density at radius 1 is 1.13 bits per heavy atom. The number of ether oxygens (including phenoxy) is 3. The lowest BCUT2D eigenvalue weighted by atomic mass is 9.96. The van der Waals surface area contributed by atoms with Crippen LogP contribution in [-0.4, -0.2) is 43.6 Å². The second-order valence-electron chi connectivity index (χ2n) is 8.40. The molecular weight excluding hydrogens is 388 g/mol. The molecule has 30 heavy (non-hydrogen) atoms. The van der Waals surface area contributed by atoms with E-state index in [4.69, 9.17) is 14.2 Å². The van der Waals surface area contributed by atoms with Crippen LogP contribution in [0.25, 0.3) is 10.8 Å². The number of methoxy groups -OCH3 is 2. The first-order chi connectivity index (χ1) is 14.1. The molecule has 8 nitrogen and oxygen atoms in total. The van der Waals surface area contributed by atoms with Gasteiger partial charge < -0.3 is 19.3 Å². The Morgan fingerprint density at radius 2 is 1.70 bits per heavy atom. The topological polar surface area (TPSA) is 90.2 Å². The second kappa shape index (κ2) is 9.28. The van der Waals surface area contributed by atoms with Crippen molar-refractivity contribution in [3.63, 3.8) is 0 Å². The molecule has 0 fully saturated rings. The molecule has 1 aromatic heterocycles. The highest BCUT2D eigenvalue weighted by molar-refractivity contribution is 5.98. The third-order valence-corrected chi connectivity index (χ3v) is 4.68. The minimum Gasteiger partial charge on any atom is -0.493 e. The summed E-state index contributed by atoms with van der Waals surface area (Å²) in [4.78, 5) is 26.4. The summed E-state index contributed by atoms with van der Waals surface area (Å²) in [5, 5.41) is 10.6. The molecule has 2 rings (SSSR count). The van der Waals surface area contributed by atoms with E-state index in [9.17, 15) is 14.7 Å². The molecule has 2 aromatic rings. The molecular formula is C22H32N2O6. The maximum absolute atomic E-state index is 13.5. The number of pyridine rings is 1. The molecule has 1 amide bonds. The molecule has 0 aliphatic rings. The average molecular weight is 421 g/mol. The molecule has 1 N–H and O–H groups in total. The van der Waals surface area contributed by atoms with Crippen LogP contribution in [0.15, 0.2) is 16.9 Å². The summed E-state index contributed by atoms with van der Waals surface area (Å²) in [7, 11) is 4.42. The van der Waals surface area contributed by atoms with E-state index in [1.165, 1.54) is 25.8 Å². The molecule has 166 valence electrons. The summed E-state index contributed by atoms with van der Waals surface area (Å²) >= 11 is 0. The van der Waals surface area contributed by atoms with E-state index in [1.54, 1.807) is 12.1 Å². The van der Waals surface area contributed by atoms with E-state index in [0.29, 0.717) is 41.2 Å². The number of hydrogen-bond acceptors (Lipinski definition) is 5. The molecule has 0 unspecified atom stereocenters. The van der Waals surface area contributed by atoms with Crippen molar-refractivity contribution in [2.24, 2.45) is 5.41 Å². The van der Waals surface area contributed by atoms with E-state index in [2.05, 4.69) is 0 Å². The number of hydrogen-bond donors (Lipinski definition) is 1. The van der Waals surface area contributed by atoms with Gasteiger partial charge in [-0.2, -0.15) is 0 Å². The lowest BCUT2D eigenvalue weighted by Crippen LogP contribution is -2.35. The van der Waals surface area contributed by atoms with Gasteiger partial charge in [-0.15, -0.1) is 0 Å². The van der Waals surface area contributed by atoms with Gasteiger partial charge in [0.15, 0.2) is 23.1 Å². The zero-order chi connectivity index (χ0) is 22.6. The van der Waals surface area contributed by atoms with Crippen LogP contribution < -0.4 is 24.7 Å². The number of carboxylic acid groups (broad SMARTS) is 1. The van der Waals surface area contributed by atoms with Gasteiger partial charge in [0.25, 0.3) is 5.56 Å². The first kappa shape index (κ1) is 23.4. The van der Waals surface area contributed by atoms with Crippen molar-refractivity contribution in [2.75, 3.05) is 32.8 Å². The van der Waals surface area contributed by atoms with Gasteiger partial charge in [0.05, 0.1) is 26.2 Å². The van der Waals surface area contributed by atoms with Crippen LogP contribution in [0.1, 0.15) is 40.5 Å². The van der Waals surface area contributed by atoms with E-state index >= 15 is 0 Å². The van der Waals surface area contributed by atoms with Crippen LogP contribution in [-0.2, 0) is 6.54 Å². The SMILES string of the molecule is CCCCOc1c(N(C)C(=O)O)n(CC(C)(C)C)c(=O)c2cc(OC)c(OC)cc12. The van der Waals surface area contributed by atoms with E-state index in [1.807, 2.05) is 27.7 Å². The Labute approximate surface area is 177 Å². The van der Waals surface area contributed by atoms with Gasteiger partial charge >= 0.3 is 6.09 Å². The predicted octanol–water partition coefficient (Wildman–Crippen LogP) is 4.36. The zero-order valence-corrected chi connectivity index (χ0v) is 18.9. The predicted molar refractivity (Wildman–Crippen MR) is 118 cm³/mol. The molecule has 0 aliphatic heterocycles. The molecule has 0 radical (unpaired) electrons. The van der Waals surface area contributed by atoms with Crippen molar-refractivity contribution in [3.8, 4) is 17.2 Å². The van der Waals surface area contributed by atoms with Crippen molar-refractivity contribution in [1.29, 1.82) is 0 Å². The quantitative estimate of drug-likeness (QED) is 0.638. The molecule has 8 heteroatoms. The summed E-state index contributed by atoms with van der Waals surface area (Å²) in [6.07, 6.45) is 0.529. The smallest absolute Gasteiger partial charge is 0.412 e. The lowest BCUT2D eigenvalue weighted by Gasteiger charge is -2.28. The zero-order valence-electron chi connectivity index (χ0n) is 18.9. The maximum atomic E-state index is 13.5. The third kappa shape index (κ3) is 4.80. The van der Waals surface area contributed by atoms with Crippen LogP contribution >= 0.6 is 0 Å². The normalized spacial score (nSPS) is 11.4. The Hall–Kier alpha value is -2.90. The molecule has 0 atom stereocenters. The number of nitrogens with zero attached hydrogens (tertiary/aromatic N) is 2. The highest BCUT2D eigenvalue weighted by Crippen LogP contribution is 2.40. The number of unbranched alkanes of at least 4 members (excludes halogenated alkanes) is 1. The number of rotatable bonds is 8. The van der Waals surface area contributed by atoms with Crippen LogP contribution in [0.2, 0.25) is 0 Å². The largest absolute Gasteiger partial charge is 0.493 e. The van der Waals surface area contributed by atoms with Crippen molar-refractivity contribution in [3.05, 3.63) is 22.5 Å². The summed E-state index contributed by atoms with van der Waals surface area (Å²) in [6.45, 7) is 8.71. The highest BCUT2D eigenvalue weighted by atomic mass is 16.5. The first-order valence-electron chi connectivity index (χ1n) is 9.97. The van der Waals surface area contributed by atoms with Crippen LogP contribution in [0.4, 0.5) is 10.6 Å². The van der Waals surface area contributed by atoms with Gasteiger partial charge in [0, 0.05) is 19.0 Å². The van der Waals surface area contributed by atoms with Crippen LogP contribution in [0.5, 0.6) is 17.2 Å². The van der Waals surface area contributed by atoms with E-state index in [0.717, 1.165) is 17.7 Å². The standard InChI is InChI=1S/C22H32N2O6/c1-8-9-10-30-18-14-11-16(28-6)17(29-7)12-15(14)20(25)24(13-22(2,3)4)19(18)23(5)21(26)27/h11-12H,8-10,13H2,1-7H3,(H,26,27). The summed E-state index contributed by atoms with van der Waals surface area (Å²) < 4.78 is 18.3. The minimum absolute atomic E-state index is 0.207. The third-order valence-electron chi connectivity index (χ3n) is 4.68. The monoisotopic (exact) mass is 420 g/mol. The Kier molecular flexibility index (Phi) is 7.23. The van der Waals surface area contributed by atoms with Crippen molar-refractivity contribution < 1.29 is 24.1 Å². The summed E-state index contributed by atoms with van der Waals surface area (Å²) in [5.41, 5.74) is -0.588. The number of carbonyl (C=O) groups is 1. The van der Waals surface area contributed by atoms with Crippen LogP contribution in [0.3, 0.4) is 0 Å². The fourth-order valence-electron chi connectivity index (χ4n) is 3.23. The molecule has 0 spiro atoms. The number of anilines is 1.